The third-order valence-corrected chi connectivity index (χ3v) is 6.19. The monoisotopic (exact) mass is 557 g/mol. The Morgan fingerprint density at radius 1 is 0.950 bits per heavy atom. The zero-order chi connectivity index (χ0) is 27.8. The molecule has 40 heavy (non-hydrogen) atoms. The second-order valence-electron chi connectivity index (χ2n) is 10.4. The molecule has 2 aromatic carbocycles. The Labute approximate surface area is 257 Å². The van der Waals surface area contributed by atoms with Gasteiger partial charge in [0.2, 0.25) is 0 Å². The van der Waals surface area contributed by atoms with Crippen molar-refractivity contribution in [3.63, 3.8) is 0 Å². The summed E-state index contributed by atoms with van der Waals surface area (Å²) >= 11 is 0. The summed E-state index contributed by atoms with van der Waals surface area (Å²) in [6, 6.07) is 17.5. The normalized spacial score (nSPS) is 13.7. The van der Waals surface area contributed by atoms with Gasteiger partial charge in [-0.05, 0) is 68.7 Å². The summed E-state index contributed by atoms with van der Waals surface area (Å²) in [5, 5.41) is 19.7. The van der Waals surface area contributed by atoms with Crippen LogP contribution in [0, 0.1) is 0 Å². The second-order valence-corrected chi connectivity index (χ2v) is 10.4. The number of hydrogen-bond donors (Lipinski definition) is 2. The van der Waals surface area contributed by atoms with Crippen molar-refractivity contribution >= 4 is 53.0 Å². The first kappa shape index (κ1) is 31.3. The van der Waals surface area contributed by atoms with Gasteiger partial charge >= 0.3 is 41.6 Å². The number of anilines is 2. The van der Waals surface area contributed by atoms with E-state index >= 15 is 0 Å². The molecule has 4 rings (SSSR count). The average molecular weight is 558 g/mol. The van der Waals surface area contributed by atoms with Crippen molar-refractivity contribution in [2.75, 3.05) is 44.6 Å². The molecule has 1 saturated heterocycles. The number of ether oxygens (including phenoxy) is 2. The standard InChI is InChI=1S/C29H35N5O5.Na.H/c1-29(2,3)39-28(37)34-16-14-33(15-17-34)18-19-38-24-10-6-22(7-11-24)20-21-4-8-23(9-5-21)31-25-12-13-30-32-26(25)27(35)36;;/h4-13H,14-20H2,1-3H3,(H,30,31)(H,35,36);;. The number of piperazine rings is 1. The van der Waals surface area contributed by atoms with Gasteiger partial charge in [-0.3, -0.25) is 4.90 Å². The predicted molar refractivity (Wildman–Crippen MR) is 155 cm³/mol. The predicted octanol–water partition coefficient (Wildman–Crippen LogP) is 3.79. The zero-order valence-corrected chi connectivity index (χ0v) is 22.6. The Balaban J connectivity index is 0.00000441. The Bertz CT molecular complexity index is 1260. The van der Waals surface area contributed by atoms with Crippen LogP contribution in [0.1, 0.15) is 42.4 Å². The molecule has 0 unspecified atom stereocenters. The number of carboxylic acid groups (broad SMARTS) is 1. The Hall–Kier alpha value is -3.18. The molecule has 1 aromatic heterocycles. The van der Waals surface area contributed by atoms with Crippen LogP contribution in [0.15, 0.2) is 60.8 Å². The van der Waals surface area contributed by atoms with E-state index in [1.165, 1.54) is 6.20 Å². The van der Waals surface area contributed by atoms with E-state index in [0.717, 1.165) is 48.6 Å². The van der Waals surface area contributed by atoms with Gasteiger partial charge in [0.25, 0.3) is 0 Å². The summed E-state index contributed by atoms with van der Waals surface area (Å²) in [7, 11) is 0. The molecule has 1 aliphatic heterocycles. The van der Waals surface area contributed by atoms with Gasteiger partial charge in [0.1, 0.15) is 18.0 Å². The molecule has 11 heteroatoms. The van der Waals surface area contributed by atoms with Crippen molar-refractivity contribution in [1.29, 1.82) is 0 Å². The van der Waals surface area contributed by atoms with Crippen LogP contribution < -0.4 is 10.1 Å². The first-order chi connectivity index (χ1) is 18.7. The quantitative estimate of drug-likeness (QED) is 0.379. The van der Waals surface area contributed by atoms with Crippen LogP contribution in [0.2, 0.25) is 0 Å². The Morgan fingerprint density at radius 2 is 1.57 bits per heavy atom. The van der Waals surface area contributed by atoms with E-state index in [0.29, 0.717) is 25.4 Å². The second kappa shape index (κ2) is 14.5. The number of aromatic nitrogens is 2. The van der Waals surface area contributed by atoms with E-state index < -0.39 is 11.6 Å². The first-order valence-electron chi connectivity index (χ1n) is 13.0. The first-order valence-corrected chi connectivity index (χ1v) is 13.0. The molecule has 2 heterocycles. The van der Waals surface area contributed by atoms with Crippen molar-refractivity contribution in [3.8, 4) is 5.75 Å². The number of carbonyl (C=O) groups is 2. The summed E-state index contributed by atoms with van der Waals surface area (Å²) in [6.07, 6.45) is 1.97. The van der Waals surface area contributed by atoms with Gasteiger partial charge in [0, 0.05) is 38.4 Å². The topological polar surface area (TPSA) is 117 Å². The van der Waals surface area contributed by atoms with Gasteiger partial charge in [0.15, 0.2) is 5.69 Å². The minimum atomic E-state index is -1.13. The van der Waals surface area contributed by atoms with Crippen LogP contribution in [-0.4, -0.2) is 112 Å². The summed E-state index contributed by atoms with van der Waals surface area (Å²) in [6.45, 7) is 9.94. The van der Waals surface area contributed by atoms with Gasteiger partial charge in [0.05, 0.1) is 11.9 Å². The van der Waals surface area contributed by atoms with Gasteiger partial charge in [-0.15, -0.1) is 5.10 Å². The van der Waals surface area contributed by atoms with E-state index in [4.69, 9.17) is 9.47 Å². The van der Waals surface area contributed by atoms with Crippen molar-refractivity contribution < 1.29 is 24.2 Å². The molecule has 1 amide bonds. The molecule has 0 aliphatic carbocycles. The van der Waals surface area contributed by atoms with E-state index in [2.05, 4.69) is 32.5 Å². The number of nitrogens with zero attached hydrogens (tertiary/aromatic N) is 4. The number of amides is 1. The molecule has 10 nitrogen and oxygen atoms in total. The molecule has 0 spiro atoms. The van der Waals surface area contributed by atoms with Crippen molar-refractivity contribution in [3.05, 3.63) is 77.6 Å². The van der Waals surface area contributed by atoms with E-state index in [-0.39, 0.29) is 41.3 Å². The summed E-state index contributed by atoms with van der Waals surface area (Å²) < 4.78 is 11.4. The third-order valence-electron chi connectivity index (χ3n) is 6.19. The van der Waals surface area contributed by atoms with Crippen LogP contribution in [0.5, 0.6) is 5.75 Å². The molecule has 0 bridgehead atoms. The van der Waals surface area contributed by atoms with Crippen molar-refractivity contribution in [1.82, 2.24) is 20.0 Å². The van der Waals surface area contributed by atoms with Gasteiger partial charge in [-0.1, -0.05) is 24.3 Å². The fraction of sp³-hybridized carbons (Fsp3) is 0.379. The number of carboxylic acids is 1. The van der Waals surface area contributed by atoms with Crippen LogP contribution in [-0.2, 0) is 11.2 Å². The van der Waals surface area contributed by atoms with Gasteiger partial charge < -0.3 is 24.8 Å². The molecular weight excluding hydrogens is 521 g/mol. The number of carbonyl (C=O) groups excluding carboxylic acids is 1. The molecule has 2 N–H and O–H groups in total. The van der Waals surface area contributed by atoms with Crippen LogP contribution in [0.25, 0.3) is 0 Å². The maximum absolute atomic E-state index is 12.2. The van der Waals surface area contributed by atoms with Crippen molar-refractivity contribution in [2.24, 2.45) is 0 Å². The van der Waals surface area contributed by atoms with E-state index in [9.17, 15) is 14.7 Å². The van der Waals surface area contributed by atoms with Crippen LogP contribution in [0.3, 0.4) is 0 Å². The molecular formula is C29H36N5NaO5. The minimum absolute atomic E-state index is 0. The Kier molecular flexibility index (Phi) is 11.3. The van der Waals surface area contributed by atoms with Crippen molar-refractivity contribution in [2.45, 2.75) is 32.8 Å². The molecule has 1 fully saturated rings. The number of aromatic carboxylic acids is 1. The molecule has 0 radical (unpaired) electrons. The van der Waals surface area contributed by atoms with E-state index in [1.807, 2.05) is 57.2 Å². The van der Waals surface area contributed by atoms with E-state index in [1.54, 1.807) is 11.0 Å². The summed E-state index contributed by atoms with van der Waals surface area (Å²) in [5.74, 6) is -0.307. The average Bonchev–Trinajstić information content (AvgIpc) is 2.90. The summed E-state index contributed by atoms with van der Waals surface area (Å²) in [4.78, 5) is 27.6. The maximum atomic E-state index is 12.2. The molecule has 3 aromatic rings. The zero-order valence-electron chi connectivity index (χ0n) is 22.6. The SMILES string of the molecule is CC(C)(C)OC(=O)N1CCN(CCOc2ccc(Cc3ccc(Nc4ccnnc4C(=O)O)cc3)cc2)CC1.[NaH]. The molecule has 0 saturated carbocycles. The number of benzene rings is 2. The number of hydrogen-bond acceptors (Lipinski definition) is 8. The molecule has 1 aliphatic rings. The van der Waals surface area contributed by atoms with Gasteiger partial charge in [-0.25, -0.2) is 9.59 Å². The molecule has 208 valence electrons. The third kappa shape index (κ3) is 9.48. The summed E-state index contributed by atoms with van der Waals surface area (Å²) in [5.41, 5.74) is 2.85. The fourth-order valence-electron chi connectivity index (χ4n) is 4.16. The molecule has 0 atom stereocenters. The van der Waals surface area contributed by atoms with Crippen LogP contribution in [0.4, 0.5) is 16.2 Å². The van der Waals surface area contributed by atoms with Crippen LogP contribution >= 0.6 is 0 Å². The Morgan fingerprint density at radius 3 is 2.17 bits per heavy atom. The number of rotatable bonds is 9. The van der Waals surface area contributed by atoms with Gasteiger partial charge in [-0.2, -0.15) is 5.10 Å². The fourth-order valence-corrected chi connectivity index (χ4v) is 4.16. The number of nitrogens with one attached hydrogen (secondary N) is 1.